The van der Waals surface area contributed by atoms with Gasteiger partial charge in [0.1, 0.15) is 0 Å². The van der Waals surface area contributed by atoms with E-state index in [4.69, 9.17) is 5.73 Å². The maximum absolute atomic E-state index is 10.4. The lowest BCUT2D eigenvalue weighted by Crippen LogP contribution is -2.43. The lowest BCUT2D eigenvalue weighted by molar-refractivity contribution is 0.00336. The maximum atomic E-state index is 10.4. The van der Waals surface area contributed by atoms with Crippen LogP contribution in [0.5, 0.6) is 0 Å². The molecule has 3 N–H and O–H groups in total. The highest BCUT2D eigenvalue weighted by atomic mass is 16.3. The van der Waals surface area contributed by atoms with Crippen molar-refractivity contribution in [3.8, 4) is 0 Å². The number of hydrogen-bond acceptors (Lipinski definition) is 3. The van der Waals surface area contributed by atoms with E-state index in [0.717, 1.165) is 31.7 Å². The van der Waals surface area contributed by atoms with Crippen LogP contribution in [0.25, 0.3) is 0 Å². The summed E-state index contributed by atoms with van der Waals surface area (Å²) < 4.78 is 0. The van der Waals surface area contributed by atoms with Crippen molar-refractivity contribution in [1.29, 1.82) is 0 Å². The number of nitrogens with two attached hydrogens (primary N) is 1. The van der Waals surface area contributed by atoms with Crippen LogP contribution in [0, 0.1) is 11.8 Å². The van der Waals surface area contributed by atoms with Crippen molar-refractivity contribution < 1.29 is 5.11 Å². The highest BCUT2D eigenvalue weighted by Crippen LogP contribution is 2.37. The average Bonchev–Trinajstić information content (AvgIpc) is 2.79. The molecule has 0 amide bonds. The molecule has 106 valence electrons. The standard InChI is InChI=1S/C15H30N2O/c1-2-13-5-9-17(10-6-13)11-7-14-4-3-8-15(14,18)12-16/h13-14,18H,2-12,16H2,1H3. The van der Waals surface area contributed by atoms with E-state index in [1.165, 1.54) is 38.8 Å². The van der Waals surface area contributed by atoms with Crippen LogP contribution in [-0.4, -0.2) is 41.8 Å². The molecule has 1 aliphatic heterocycles. The molecule has 1 heterocycles. The Kier molecular flexibility index (Phi) is 5.05. The van der Waals surface area contributed by atoms with Crippen LogP contribution >= 0.6 is 0 Å². The van der Waals surface area contributed by atoms with Gasteiger partial charge in [-0.25, -0.2) is 0 Å². The van der Waals surface area contributed by atoms with Gasteiger partial charge in [0.15, 0.2) is 0 Å². The van der Waals surface area contributed by atoms with E-state index < -0.39 is 5.60 Å². The third-order valence-electron chi connectivity index (χ3n) is 5.35. The van der Waals surface area contributed by atoms with Crippen molar-refractivity contribution in [3.05, 3.63) is 0 Å². The van der Waals surface area contributed by atoms with Crippen LogP contribution in [0.3, 0.4) is 0 Å². The highest BCUT2D eigenvalue weighted by Gasteiger charge is 2.39. The summed E-state index contributed by atoms with van der Waals surface area (Å²) in [5.74, 6) is 1.39. The Morgan fingerprint density at radius 3 is 2.61 bits per heavy atom. The van der Waals surface area contributed by atoms with Crippen molar-refractivity contribution in [2.75, 3.05) is 26.2 Å². The largest absolute Gasteiger partial charge is 0.388 e. The number of rotatable bonds is 5. The molecule has 0 spiro atoms. The van der Waals surface area contributed by atoms with Crippen molar-refractivity contribution in [2.24, 2.45) is 17.6 Å². The molecule has 0 aromatic rings. The van der Waals surface area contributed by atoms with Crippen LogP contribution in [0.2, 0.25) is 0 Å². The van der Waals surface area contributed by atoms with Gasteiger partial charge >= 0.3 is 0 Å². The fourth-order valence-corrected chi connectivity index (χ4v) is 3.77. The maximum Gasteiger partial charge on any atom is 0.0797 e. The lowest BCUT2D eigenvalue weighted by Gasteiger charge is -2.34. The fraction of sp³-hybridized carbons (Fsp3) is 1.00. The van der Waals surface area contributed by atoms with E-state index in [2.05, 4.69) is 11.8 Å². The molecule has 2 aliphatic rings. The Balaban J connectivity index is 1.72. The zero-order valence-electron chi connectivity index (χ0n) is 11.9. The first-order chi connectivity index (χ1) is 8.68. The van der Waals surface area contributed by atoms with Crippen LogP contribution in [0.15, 0.2) is 0 Å². The highest BCUT2D eigenvalue weighted by molar-refractivity contribution is 4.93. The predicted octanol–water partition coefficient (Wildman–Crippen LogP) is 1.99. The van der Waals surface area contributed by atoms with Gasteiger partial charge in [-0.2, -0.15) is 0 Å². The van der Waals surface area contributed by atoms with Gasteiger partial charge in [-0.1, -0.05) is 19.8 Å². The summed E-state index contributed by atoms with van der Waals surface area (Å²) in [5, 5.41) is 10.4. The number of nitrogens with zero attached hydrogens (tertiary/aromatic N) is 1. The topological polar surface area (TPSA) is 49.5 Å². The number of hydrogen-bond donors (Lipinski definition) is 2. The van der Waals surface area contributed by atoms with Gasteiger partial charge in [0, 0.05) is 6.54 Å². The predicted molar refractivity (Wildman–Crippen MR) is 75.4 cm³/mol. The molecule has 3 nitrogen and oxygen atoms in total. The third kappa shape index (κ3) is 3.25. The Bertz CT molecular complexity index is 251. The summed E-state index contributed by atoms with van der Waals surface area (Å²) in [7, 11) is 0. The molecule has 0 aromatic heterocycles. The molecule has 1 saturated carbocycles. The molecule has 2 unspecified atom stereocenters. The summed E-state index contributed by atoms with van der Waals surface area (Å²) in [6, 6.07) is 0. The first-order valence-electron chi connectivity index (χ1n) is 7.82. The number of aliphatic hydroxyl groups is 1. The van der Waals surface area contributed by atoms with Gasteiger partial charge in [0.2, 0.25) is 0 Å². The molecule has 1 aliphatic carbocycles. The quantitative estimate of drug-likeness (QED) is 0.789. The SMILES string of the molecule is CCC1CCN(CCC2CCCC2(O)CN)CC1. The Morgan fingerprint density at radius 1 is 1.28 bits per heavy atom. The van der Waals surface area contributed by atoms with E-state index in [-0.39, 0.29) is 0 Å². The van der Waals surface area contributed by atoms with Crippen molar-refractivity contribution in [3.63, 3.8) is 0 Å². The molecule has 3 heteroatoms. The molecule has 2 fully saturated rings. The van der Waals surface area contributed by atoms with E-state index in [1.807, 2.05) is 0 Å². The Hall–Kier alpha value is -0.120. The van der Waals surface area contributed by atoms with Gasteiger partial charge in [-0.05, 0) is 63.6 Å². The minimum absolute atomic E-state index is 0.436. The zero-order valence-corrected chi connectivity index (χ0v) is 11.9. The zero-order chi connectivity index (χ0) is 13.0. The molecule has 2 rings (SSSR count). The van der Waals surface area contributed by atoms with Crippen LogP contribution in [0.4, 0.5) is 0 Å². The first kappa shape index (κ1) is 14.3. The summed E-state index contributed by atoms with van der Waals surface area (Å²) in [6.07, 6.45) is 8.42. The molecule has 2 atom stereocenters. The van der Waals surface area contributed by atoms with E-state index in [0.29, 0.717) is 12.5 Å². The average molecular weight is 254 g/mol. The third-order valence-corrected chi connectivity index (χ3v) is 5.35. The smallest absolute Gasteiger partial charge is 0.0797 e. The summed E-state index contributed by atoms with van der Waals surface area (Å²) >= 11 is 0. The summed E-state index contributed by atoms with van der Waals surface area (Å²) in [6.45, 7) is 6.41. The lowest BCUT2D eigenvalue weighted by atomic mass is 9.87. The second-order valence-corrected chi connectivity index (χ2v) is 6.38. The van der Waals surface area contributed by atoms with Gasteiger partial charge in [0.25, 0.3) is 0 Å². The Morgan fingerprint density at radius 2 is 2.00 bits per heavy atom. The van der Waals surface area contributed by atoms with Crippen LogP contribution in [0.1, 0.15) is 51.9 Å². The minimum atomic E-state index is -0.554. The van der Waals surface area contributed by atoms with Crippen LogP contribution in [-0.2, 0) is 0 Å². The van der Waals surface area contributed by atoms with E-state index in [1.54, 1.807) is 0 Å². The normalized spacial score (nSPS) is 35.2. The van der Waals surface area contributed by atoms with Gasteiger partial charge in [-0.15, -0.1) is 0 Å². The fourth-order valence-electron chi connectivity index (χ4n) is 3.77. The van der Waals surface area contributed by atoms with Crippen molar-refractivity contribution >= 4 is 0 Å². The molecule has 18 heavy (non-hydrogen) atoms. The monoisotopic (exact) mass is 254 g/mol. The van der Waals surface area contributed by atoms with Gasteiger partial charge in [0.05, 0.1) is 5.60 Å². The Labute approximate surface area is 112 Å². The molecule has 1 saturated heterocycles. The van der Waals surface area contributed by atoms with Gasteiger partial charge in [-0.3, -0.25) is 0 Å². The van der Waals surface area contributed by atoms with Crippen molar-refractivity contribution in [1.82, 2.24) is 4.90 Å². The van der Waals surface area contributed by atoms with E-state index in [9.17, 15) is 5.11 Å². The second kappa shape index (κ2) is 6.36. The molecule has 0 radical (unpaired) electrons. The minimum Gasteiger partial charge on any atom is -0.388 e. The summed E-state index contributed by atoms with van der Waals surface area (Å²) in [5.41, 5.74) is 5.19. The van der Waals surface area contributed by atoms with Crippen molar-refractivity contribution in [2.45, 2.75) is 57.5 Å². The van der Waals surface area contributed by atoms with Crippen LogP contribution < -0.4 is 5.73 Å². The molecular formula is C15H30N2O. The second-order valence-electron chi connectivity index (χ2n) is 6.38. The molecule has 0 bridgehead atoms. The number of piperidine rings is 1. The number of likely N-dealkylation sites (tertiary alicyclic amines) is 1. The molecular weight excluding hydrogens is 224 g/mol. The van der Waals surface area contributed by atoms with Gasteiger partial charge < -0.3 is 15.7 Å². The molecule has 0 aromatic carbocycles. The first-order valence-corrected chi connectivity index (χ1v) is 7.82. The summed E-state index contributed by atoms with van der Waals surface area (Å²) in [4.78, 5) is 2.58. The van der Waals surface area contributed by atoms with E-state index >= 15 is 0 Å².